The SMILES string of the molecule is CC1(C)CCCC1N(Cc1ccccc1)C(=O)C1CO1. The van der Waals surface area contributed by atoms with Gasteiger partial charge in [-0.05, 0) is 23.8 Å². The van der Waals surface area contributed by atoms with Gasteiger partial charge in [0.1, 0.15) is 0 Å². The van der Waals surface area contributed by atoms with Gasteiger partial charge in [0.15, 0.2) is 6.10 Å². The zero-order chi connectivity index (χ0) is 14.2. The summed E-state index contributed by atoms with van der Waals surface area (Å²) in [6.07, 6.45) is 3.33. The maximum atomic E-state index is 12.6. The van der Waals surface area contributed by atoms with Crippen LogP contribution in [-0.2, 0) is 16.1 Å². The lowest BCUT2D eigenvalue weighted by molar-refractivity contribution is -0.137. The van der Waals surface area contributed by atoms with Gasteiger partial charge >= 0.3 is 0 Å². The van der Waals surface area contributed by atoms with Crippen LogP contribution in [0.1, 0.15) is 38.7 Å². The van der Waals surface area contributed by atoms with Crippen molar-refractivity contribution < 1.29 is 9.53 Å². The van der Waals surface area contributed by atoms with E-state index in [0.29, 0.717) is 19.2 Å². The van der Waals surface area contributed by atoms with Gasteiger partial charge in [0, 0.05) is 12.6 Å². The van der Waals surface area contributed by atoms with Crippen LogP contribution >= 0.6 is 0 Å². The number of carbonyl (C=O) groups excluding carboxylic acids is 1. The number of rotatable bonds is 4. The number of hydrogen-bond acceptors (Lipinski definition) is 2. The lowest BCUT2D eigenvalue weighted by atomic mass is 9.86. The van der Waals surface area contributed by atoms with Crippen LogP contribution in [0.5, 0.6) is 0 Å². The molecule has 1 aromatic carbocycles. The Kier molecular flexibility index (Phi) is 3.55. The normalized spacial score (nSPS) is 27.3. The van der Waals surface area contributed by atoms with Crippen molar-refractivity contribution >= 4 is 5.91 Å². The molecule has 2 unspecified atom stereocenters. The van der Waals surface area contributed by atoms with Crippen LogP contribution < -0.4 is 0 Å². The molecule has 1 aliphatic heterocycles. The largest absolute Gasteiger partial charge is 0.363 e. The van der Waals surface area contributed by atoms with Crippen molar-refractivity contribution in [2.45, 2.75) is 51.8 Å². The van der Waals surface area contributed by atoms with Crippen LogP contribution in [0.2, 0.25) is 0 Å². The first-order valence-electron chi connectivity index (χ1n) is 7.54. The van der Waals surface area contributed by atoms with Crippen LogP contribution in [0.15, 0.2) is 30.3 Å². The number of amides is 1. The van der Waals surface area contributed by atoms with Gasteiger partial charge in [0.2, 0.25) is 0 Å². The van der Waals surface area contributed by atoms with Crippen molar-refractivity contribution in [1.29, 1.82) is 0 Å². The first-order valence-corrected chi connectivity index (χ1v) is 7.54. The van der Waals surface area contributed by atoms with Crippen LogP contribution in [0, 0.1) is 5.41 Å². The summed E-state index contributed by atoms with van der Waals surface area (Å²) < 4.78 is 5.23. The van der Waals surface area contributed by atoms with E-state index >= 15 is 0 Å². The molecule has 3 rings (SSSR count). The number of epoxide rings is 1. The summed E-state index contributed by atoms with van der Waals surface area (Å²) in [4.78, 5) is 14.7. The zero-order valence-corrected chi connectivity index (χ0v) is 12.3. The minimum absolute atomic E-state index is 0.175. The van der Waals surface area contributed by atoms with Crippen molar-refractivity contribution in [3.05, 3.63) is 35.9 Å². The summed E-state index contributed by atoms with van der Waals surface area (Å²) in [5.41, 5.74) is 1.41. The van der Waals surface area contributed by atoms with E-state index in [1.54, 1.807) is 0 Å². The Balaban J connectivity index is 1.82. The van der Waals surface area contributed by atoms with Crippen LogP contribution in [0.4, 0.5) is 0 Å². The zero-order valence-electron chi connectivity index (χ0n) is 12.3. The van der Waals surface area contributed by atoms with Gasteiger partial charge in [-0.2, -0.15) is 0 Å². The molecule has 0 spiro atoms. The van der Waals surface area contributed by atoms with E-state index in [-0.39, 0.29) is 17.4 Å². The minimum Gasteiger partial charge on any atom is -0.363 e. The second-order valence-electron chi connectivity index (χ2n) is 6.67. The highest BCUT2D eigenvalue weighted by atomic mass is 16.6. The molecule has 0 bridgehead atoms. The molecule has 1 heterocycles. The molecule has 20 heavy (non-hydrogen) atoms. The Morgan fingerprint density at radius 1 is 1.35 bits per heavy atom. The molecule has 0 radical (unpaired) electrons. The molecule has 0 N–H and O–H groups in total. The van der Waals surface area contributed by atoms with Crippen molar-refractivity contribution in [2.24, 2.45) is 5.41 Å². The monoisotopic (exact) mass is 273 g/mol. The number of nitrogens with zero attached hydrogens (tertiary/aromatic N) is 1. The molecule has 1 saturated heterocycles. The van der Waals surface area contributed by atoms with E-state index in [4.69, 9.17) is 4.74 Å². The molecule has 1 amide bonds. The minimum atomic E-state index is -0.185. The summed E-state index contributed by atoms with van der Waals surface area (Å²) in [6.45, 7) is 5.86. The van der Waals surface area contributed by atoms with Gasteiger partial charge in [0.05, 0.1) is 6.61 Å². The highest BCUT2D eigenvalue weighted by Crippen LogP contribution is 2.41. The van der Waals surface area contributed by atoms with Crippen molar-refractivity contribution in [2.75, 3.05) is 6.61 Å². The van der Waals surface area contributed by atoms with Crippen molar-refractivity contribution in [3.63, 3.8) is 0 Å². The highest BCUT2D eigenvalue weighted by molar-refractivity contribution is 5.83. The molecule has 1 saturated carbocycles. The van der Waals surface area contributed by atoms with E-state index in [0.717, 1.165) is 6.42 Å². The fourth-order valence-electron chi connectivity index (χ4n) is 3.38. The Bertz CT molecular complexity index is 479. The molecule has 2 atom stereocenters. The van der Waals surface area contributed by atoms with Crippen LogP contribution in [0.25, 0.3) is 0 Å². The summed E-state index contributed by atoms with van der Waals surface area (Å²) in [5.74, 6) is 0.175. The second kappa shape index (κ2) is 5.21. The lowest BCUT2D eigenvalue weighted by Gasteiger charge is -2.37. The number of hydrogen-bond donors (Lipinski definition) is 0. The molecular formula is C17H23NO2. The average molecular weight is 273 g/mol. The molecule has 2 fully saturated rings. The van der Waals surface area contributed by atoms with Gasteiger partial charge < -0.3 is 9.64 Å². The van der Waals surface area contributed by atoms with E-state index in [2.05, 4.69) is 30.9 Å². The first-order chi connectivity index (χ1) is 9.58. The third kappa shape index (κ3) is 2.73. The van der Waals surface area contributed by atoms with E-state index in [1.165, 1.54) is 18.4 Å². The van der Waals surface area contributed by atoms with Gasteiger partial charge in [-0.3, -0.25) is 4.79 Å². The molecule has 108 valence electrons. The van der Waals surface area contributed by atoms with Crippen molar-refractivity contribution in [1.82, 2.24) is 4.90 Å². The van der Waals surface area contributed by atoms with Gasteiger partial charge in [0.25, 0.3) is 5.91 Å². The second-order valence-corrected chi connectivity index (χ2v) is 6.67. The molecule has 3 nitrogen and oxygen atoms in total. The van der Waals surface area contributed by atoms with Crippen molar-refractivity contribution in [3.8, 4) is 0 Å². The fraction of sp³-hybridized carbons (Fsp3) is 0.588. The average Bonchev–Trinajstić information content (AvgIpc) is 3.21. The molecule has 1 aromatic rings. The first kappa shape index (κ1) is 13.6. The summed E-state index contributed by atoms with van der Waals surface area (Å²) >= 11 is 0. The maximum Gasteiger partial charge on any atom is 0.254 e. The number of carbonyl (C=O) groups is 1. The smallest absolute Gasteiger partial charge is 0.254 e. The number of benzene rings is 1. The standard InChI is InChI=1S/C17H23NO2/c1-17(2)10-6-9-15(17)18(16(19)14-12-20-14)11-13-7-4-3-5-8-13/h3-5,7-8,14-15H,6,9-12H2,1-2H3. The maximum absolute atomic E-state index is 12.6. The van der Waals surface area contributed by atoms with Gasteiger partial charge in [-0.1, -0.05) is 50.6 Å². The van der Waals surface area contributed by atoms with Crippen LogP contribution in [-0.4, -0.2) is 29.6 Å². The summed E-state index contributed by atoms with van der Waals surface area (Å²) in [7, 11) is 0. The quantitative estimate of drug-likeness (QED) is 0.790. The van der Waals surface area contributed by atoms with Crippen LogP contribution in [0.3, 0.4) is 0 Å². The Hall–Kier alpha value is -1.35. The fourth-order valence-corrected chi connectivity index (χ4v) is 3.38. The molecule has 0 aromatic heterocycles. The van der Waals surface area contributed by atoms with E-state index < -0.39 is 0 Å². The molecule has 1 aliphatic carbocycles. The molecule has 3 heteroatoms. The van der Waals surface area contributed by atoms with E-state index in [1.807, 2.05) is 18.2 Å². The Morgan fingerprint density at radius 2 is 2.05 bits per heavy atom. The predicted molar refractivity (Wildman–Crippen MR) is 78.2 cm³/mol. The molecular weight excluding hydrogens is 250 g/mol. The lowest BCUT2D eigenvalue weighted by Crippen LogP contribution is -2.47. The number of ether oxygens (including phenoxy) is 1. The van der Waals surface area contributed by atoms with Gasteiger partial charge in [-0.25, -0.2) is 0 Å². The third-order valence-electron chi connectivity index (χ3n) is 4.66. The topological polar surface area (TPSA) is 32.8 Å². The Labute approximate surface area is 120 Å². The Morgan fingerprint density at radius 3 is 2.60 bits per heavy atom. The molecule has 2 aliphatic rings. The summed E-state index contributed by atoms with van der Waals surface area (Å²) in [5, 5.41) is 0. The van der Waals surface area contributed by atoms with Gasteiger partial charge in [-0.15, -0.1) is 0 Å². The van der Waals surface area contributed by atoms with E-state index in [9.17, 15) is 4.79 Å². The third-order valence-corrected chi connectivity index (χ3v) is 4.66. The summed E-state index contributed by atoms with van der Waals surface area (Å²) in [6, 6.07) is 10.6. The highest BCUT2D eigenvalue weighted by Gasteiger charge is 2.44. The predicted octanol–water partition coefficient (Wildman–Crippen LogP) is 2.99.